The maximum atomic E-state index is 13.0. The van der Waals surface area contributed by atoms with Crippen molar-refractivity contribution in [2.75, 3.05) is 0 Å². The molecule has 1 atom stereocenters. The zero-order chi connectivity index (χ0) is 20.4. The smallest absolute Gasteiger partial charge is 0.275 e. The molecule has 1 amide bonds. The van der Waals surface area contributed by atoms with Crippen LogP contribution in [0.1, 0.15) is 31.4 Å². The predicted molar refractivity (Wildman–Crippen MR) is 119 cm³/mol. The number of benzene rings is 2. The molecule has 0 aliphatic carbocycles. The Hall–Kier alpha value is -2.86. The van der Waals surface area contributed by atoms with E-state index in [0.29, 0.717) is 24.9 Å². The fourth-order valence-electron chi connectivity index (χ4n) is 3.69. The van der Waals surface area contributed by atoms with Crippen molar-refractivity contribution in [2.24, 2.45) is 0 Å². The van der Waals surface area contributed by atoms with E-state index in [0.717, 1.165) is 21.1 Å². The maximum absolute atomic E-state index is 13.0. The molecule has 4 rings (SSSR count). The number of carbonyl (C=O) groups is 1. The summed E-state index contributed by atoms with van der Waals surface area (Å²) in [6.45, 7) is 2.46. The average Bonchev–Trinajstić information content (AvgIpc) is 3.21. The summed E-state index contributed by atoms with van der Waals surface area (Å²) in [6, 6.07) is 19.5. The van der Waals surface area contributed by atoms with Crippen LogP contribution < -0.4 is 10.9 Å². The van der Waals surface area contributed by atoms with E-state index in [1.54, 1.807) is 4.57 Å². The molecule has 2 aromatic carbocycles. The van der Waals surface area contributed by atoms with Crippen molar-refractivity contribution in [3.05, 3.63) is 87.3 Å². The summed E-state index contributed by atoms with van der Waals surface area (Å²) in [5, 5.41) is 3.03. The van der Waals surface area contributed by atoms with E-state index in [1.165, 1.54) is 0 Å². The third kappa shape index (κ3) is 3.98. The van der Waals surface area contributed by atoms with Gasteiger partial charge in [-0.1, -0.05) is 46.3 Å². The lowest BCUT2D eigenvalue weighted by Gasteiger charge is -2.15. The van der Waals surface area contributed by atoms with Crippen molar-refractivity contribution >= 4 is 38.4 Å². The summed E-state index contributed by atoms with van der Waals surface area (Å²) >= 11 is 3.50. The minimum absolute atomic E-state index is 0.0105. The third-order valence-electron chi connectivity index (χ3n) is 5.16. The van der Waals surface area contributed by atoms with Crippen molar-refractivity contribution in [1.82, 2.24) is 14.3 Å². The molecule has 0 radical (unpaired) electrons. The second kappa shape index (κ2) is 8.25. The molecule has 0 saturated heterocycles. The van der Waals surface area contributed by atoms with Gasteiger partial charge in [-0.3, -0.25) is 9.59 Å². The van der Waals surface area contributed by atoms with Gasteiger partial charge in [-0.2, -0.15) is 0 Å². The molecule has 148 valence electrons. The number of nitrogens with one attached hydrogen (secondary N) is 1. The Morgan fingerprint density at radius 1 is 1.03 bits per heavy atom. The maximum Gasteiger partial charge on any atom is 0.275 e. The van der Waals surface area contributed by atoms with E-state index in [4.69, 9.17) is 0 Å². The van der Waals surface area contributed by atoms with E-state index < -0.39 is 0 Å². The van der Waals surface area contributed by atoms with Crippen molar-refractivity contribution < 1.29 is 4.79 Å². The van der Waals surface area contributed by atoms with Gasteiger partial charge in [-0.25, -0.2) is 0 Å². The van der Waals surface area contributed by atoms with Crippen LogP contribution in [0.5, 0.6) is 0 Å². The van der Waals surface area contributed by atoms with Crippen LogP contribution in [-0.2, 0) is 11.3 Å². The first-order valence-corrected chi connectivity index (χ1v) is 10.5. The van der Waals surface area contributed by atoms with Crippen molar-refractivity contribution in [2.45, 2.75) is 32.4 Å². The molecule has 0 saturated carbocycles. The highest BCUT2D eigenvalue weighted by Crippen LogP contribution is 2.21. The molecule has 4 aromatic rings. The lowest BCUT2D eigenvalue weighted by molar-refractivity contribution is -0.121. The molecule has 5 nitrogen and oxygen atoms in total. The second-order valence-electron chi connectivity index (χ2n) is 7.16. The number of hydrogen-bond acceptors (Lipinski definition) is 2. The molecule has 0 spiro atoms. The van der Waals surface area contributed by atoms with E-state index in [9.17, 15) is 9.59 Å². The van der Waals surface area contributed by atoms with Gasteiger partial charge >= 0.3 is 0 Å². The largest absolute Gasteiger partial charge is 0.350 e. The number of rotatable bonds is 6. The summed E-state index contributed by atoms with van der Waals surface area (Å²) in [4.78, 5) is 25.4. The molecular weight excluding hydrogens is 430 g/mol. The highest BCUT2D eigenvalue weighted by Gasteiger charge is 2.13. The van der Waals surface area contributed by atoms with E-state index in [2.05, 4.69) is 21.2 Å². The number of nitrogens with zero attached hydrogens (tertiary/aromatic N) is 2. The Morgan fingerprint density at radius 3 is 2.62 bits per heavy atom. The van der Waals surface area contributed by atoms with Crippen LogP contribution in [0, 0.1) is 0 Å². The van der Waals surface area contributed by atoms with Gasteiger partial charge in [0.1, 0.15) is 5.52 Å². The first-order valence-electron chi connectivity index (χ1n) is 9.68. The summed E-state index contributed by atoms with van der Waals surface area (Å²) in [7, 11) is 0. The molecule has 1 unspecified atom stereocenters. The van der Waals surface area contributed by atoms with Crippen LogP contribution >= 0.6 is 15.9 Å². The summed E-state index contributed by atoms with van der Waals surface area (Å²) in [6.07, 6.45) is 2.85. The van der Waals surface area contributed by atoms with Crippen LogP contribution in [0.15, 0.2) is 76.1 Å². The zero-order valence-corrected chi connectivity index (χ0v) is 17.7. The van der Waals surface area contributed by atoms with E-state index in [-0.39, 0.29) is 17.5 Å². The van der Waals surface area contributed by atoms with Crippen molar-refractivity contribution in [1.29, 1.82) is 0 Å². The highest BCUT2D eigenvalue weighted by molar-refractivity contribution is 9.10. The molecule has 0 aliphatic rings. The molecule has 0 bridgehead atoms. The third-order valence-corrected chi connectivity index (χ3v) is 5.66. The van der Waals surface area contributed by atoms with Crippen LogP contribution in [-0.4, -0.2) is 14.9 Å². The second-order valence-corrected chi connectivity index (χ2v) is 8.07. The SMILES string of the molecule is CC(NC(=O)CCCn1c(=O)c2cccn2c2ccc(Br)cc21)c1ccccc1. The Morgan fingerprint density at radius 2 is 1.83 bits per heavy atom. The standard InChI is InChI=1S/C23H22BrN3O2/c1-16(17-7-3-2-4-8-17)25-22(28)10-6-14-27-21-15-18(24)11-12-19(21)26-13-5-9-20(26)23(27)29/h2-5,7-9,11-13,15-16H,6,10,14H2,1H3,(H,25,28). The van der Waals surface area contributed by atoms with Crippen LogP contribution in [0.4, 0.5) is 0 Å². The van der Waals surface area contributed by atoms with Gasteiger partial charge in [-0.15, -0.1) is 0 Å². The normalized spacial score (nSPS) is 12.3. The van der Waals surface area contributed by atoms with Crippen molar-refractivity contribution in [3.63, 3.8) is 0 Å². The number of carbonyl (C=O) groups excluding carboxylic acids is 1. The molecule has 0 fully saturated rings. The molecule has 0 aliphatic heterocycles. The molecule has 29 heavy (non-hydrogen) atoms. The summed E-state index contributed by atoms with van der Waals surface area (Å²) in [5.41, 5.74) is 3.49. The van der Waals surface area contributed by atoms with Crippen LogP contribution in [0.2, 0.25) is 0 Å². The zero-order valence-electron chi connectivity index (χ0n) is 16.1. The summed E-state index contributed by atoms with van der Waals surface area (Å²) in [5.74, 6) is -0.0105. The van der Waals surface area contributed by atoms with Crippen LogP contribution in [0.25, 0.3) is 16.6 Å². The molecule has 1 N–H and O–H groups in total. The van der Waals surface area contributed by atoms with Crippen LogP contribution in [0.3, 0.4) is 0 Å². The molecule has 2 heterocycles. The monoisotopic (exact) mass is 451 g/mol. The first-order chi connectivity index (χ1) is 14.0. The Balaban J connectivity index is 1.51. The number of fused-ring (bicyclic) bond motifs is 3. The Kier molecular flexibility index (Phi) is 5.53. The fraction of sp³-hybridized carbons (Fsp3) is 0.217. The topological polar surface area (TPSA) is 55.5 Å². The van der Waals surface area contributed by atoms with Gasteiger partial charge in [-0.05, 0) is 49.2 Å². The highest BCUT2D eigenvalue weighted by atomic mass is 79.9. The minimum Gasteiger partial charge on any atom is -0.350 e. The minimum atomic E-state index is -0.0429. The lowest BCUT2D eigenvalue weighted by Crippen LogP contribution is -2.27. The molecular formula is C23H22BrN3O2. The Bertz CT molecular complexity index is 1230. The lowest BCUT2D eigenvalue weighted by atomic mass is 10.1. The van der Waals surface area contributed by atoms with Crippen molar-refractivity contribution in [3.8, 4) is 0 Å². The van der Waals surface area contributed by atoms with Gasteiger partial charge in [0.2, 0.25) is 5.91 Å². The molecule has 2 aromatic heterocycles. The molecule has 6 heteroatoms. The predicted octanol–water partition coefficient (Wildman–Crippen LogP) is 4.67. The number of hydrogen-bond donors (Lipinski definition) is 1. The average molecular weight is 452 g/mol. The van der Waals surface area contributed by atoms with Gasteiger partial charge in [0.25, 0.3) is 5.56 Å². The van der Waals surface area contributed by atoms with E-state index >= 15 is 0 Å². The van der Waals surface area contributed by atoms with Gasteiger partial charge in [0.05, 0.1) is 17.1 Å². The fourth-order valence-corrected chi connectivity index (χ4v) is 4.04. The van der Waals surface area contributed by atoms with Gasteiger partial charge in [0, 0.05) is 23.6 Å². The van der Waals surface area contributed by atoms with Gasteiger partial charge < -0.3 is 14.3 Å². The first kappa shape index (κ1) is 19.5. The Labute approximate surface area is 177 Å². The number of halogens is 1. The number of amides is 1. The number of aryl methyl sites for hydroxylation is 1. The van der Waals surface area contributed by atoms with E-state index in [1.807, 2.05) is 78.2 Å². The quantitative estimate of drug-likeness (QED) is 0.462. The number of aromatic nitrogens is 2. The summed E-state index contributed by atoms with van der Waals surface area (Å²) < 4.78 is 4.59. The van der Waals surface area contributed by atoms with Gasteiger partial charge in [0.15, 0.2) is 0 Å².